The number of piperazine rings is 2. The van der Waals surface area contributed by atoms with Gasteiger partial charge < -0.3 is 35.2 Å². The number of amides is 3. The molecule has 47 heavy (non-hydrogen) atoms. The number of hydrogen-bond donors (Lipinski definition) is 3. The van der Waals surface area contributed by atoms with Crippen LogP contribution in [-0.4, -0.2) is 111 Å². The number of carbonyl (C=O) groups excluding carboxylic acids is 2. The molecule has 244 valence electrons. The highest BCUT2D eigenvalue weighted by atomic mass is 35.5. The standard InChI is InChI=1S/C31H30ClF2N9O4/c32-23-15-19(1-2-21(23)30(45)40-10-12-41(13-11-40)31(46)42-8-6-36-20(17-42)18-44)39-28-29-38-16-24(43(29)9-7-37-28)22-3-4-25(47-14-5-35)27(34)26(22)33/h1-4,7,9,15-16,20,36,44H,6,8,10-14,17-18H2,(H,37,39). The third kappa shape index (κ3) is 6.48. The topological polar surface area (TPSA) is 151 Å². The number of nitriles is 1. The van der Waals surface area contributed by atoms with E-state index in [0.717, 1.165) is 0 Å². The predicted octanol–water partition coefficient (Wildman–Crippen LogP) is 3.12. The molecule has 2 saturated heterocycles. The van der Waals surface area contributed by atoms with Crippen LogP contribution in [0.2, 0.25) is 5.02 Å². The van der Waals surface area contributed by atoms with E-state index >= 15 is 0 Å². The van der Waals surface area contributed by atoms with Crippen LogP contribution in [-0.2, 0) is 0 Å². The van der Waals surface area contributed by atoms with Crippen molar-refractivity contribution in [2.24, 2.45) is 0 Å². The average molecular weight is 666 g/mol. The van der Waals surface area contributed by atoms with Crippen LogP contribution in [0.25, 0.3) is 16.9 Å². The quantitative estimate of drug-likeness (QED) is 0.271. The molecular weight excluding hydrogens is 636 g/mol. The molecule has 2 aliphatic heterocycles. The van der Waals surface area contributed by atoms with Crippen molar-refractivity contribution in [1.29, 1.82) is 5.26 Å². The number of halogens is 3. The lowest BCUT2D eigenvalue weighted by Gasteiger charge is -2.40. The van der Waals surface area contributed by atoms with Gasteiger partial charge in [-0.3, -0.25) is 9.20 Å². The second-order valence-electron chi connectivity index (χ2n) is 11.0. The smallest absolute Gasteiger partial charge is 0.320 e. The van der Waals surface area contributed by atoms with Crippen LogP contribution in [0.5, 0.6) is 5.75 Å². The summed E-state index contributed by atoms with van der Waals surface area (Å²) in [5.41, 5.74) is 1.34. The van der Waals surface area contributed by atoms with Gasteiger partial charge in [0.2, 0.25) is 5.82 Å². The Labute approximate surface area is 272 Å². The molecule has 1 unspecified atom stereocenters. The number of aliphatic hydroxyl groups excluding tert-OH is 1. The molecule has 2 aromatic heterocycles. The van der Waals surface area contributed by atoms with E-state index in [-0.39, 0.29) is 46.6 Å². The summed E-state index contributed by atoms with van der Waals surface area (Å²) < 4.78 is 36.1. The number of fused-ring (bicyclic) bond motifs is 1. The number of nitrogens with one attached hydrogen (secondary N) is 2. The molecule has 16 heteroatoms. The molecular formula is C31H30ClF2N9O4. The molecule has 1 atom stereocenters. The molecule has 3 N–H and O–H groups in total. The number of nitrogens with zero attached hydrogens (tertiary/aromatic N) is 7. The maximum atomic E-state index is 15.0. The predicted molar refractivity (Wildman–Crippen MR) is 168 cm³/mol. The summed E-state index contributed by atoms with van der Waals surface area (Å²) in [6.07, 6.45) is 4.40. The number of imidazole rings is 1. The number of ether oxygens (including phenoxy) is 1. The molecule has 0 bridgehead atoms. The van der Waals surface area contributed by atoms with Gasteiger partial charge in [-0.25, -0.2) is 19.2 Å². The van der Waals surface area contributed by atoms with Gasteiger partial charge in [0.05, 0.1) is 29.1 Å². The van der Waals surface area contributed by atoms with Crippen LogP contribution < -0.4 is 15.4 Å². The van der Waals surface area contributed by atoms with Crippen molar-refractivity contribution in [3.8, 4) is 23.1 Å². The first-order chi connectivity index (χ1) is 22.8. The normalized spacial score (nSPS) is 16.7. The van der Waals surface area contributed by atoms with Crippen molar-refractivity contribution in [2.45, 2.75) is 6.04 Å². The Bertz CT molecular complexity index is 1860. The summed E-state index contributed by atoms with van der Waals surface area (Å²) in [5.74, 6) is -2.69. The minimum absolute atomic E-state index is 0.0428. The largest absolute Gasteiger partial charge is 0.476 e. The Balaban J connectivity index is 1.13. The van der Waals surface area contributed by atoms with Gasteiger partial charge in [-0.1, -0.05) is 11.6 Å². The summed E-state index contributed by atoms with van der Waals surface area (Å²) >= 11 is 6.57. The fourth-order valence-electron chi connectivity index (χ4n) is 5.65. The number of aromatic nitrogens is 3. The molecule has 4 aromatic rings. The van der Waals surface area contributed by atoms with E-state index in [4.69, 9.17) is 21.6 Å². The van der Waals surface area contributed by atoms with Crippen LogP contribution in [0.15, 0.2) is 48.9 Å². The number of aliphatic hydroxyl groups is 1. The van der Waals surface area contributed by atoms with Crippen molar-refractivity contribution in [3.05, 3.63) is 71.1 Å². The van der Waals surface area contributed by atoms with Crippen LogP contribution in [0, 0.1) is 23.0 Å². The van der Waals surface area contributed by atoms with Crippen LogP contribution in [0.1, 0.15) is 10.4 Å². The monoisotopic (exact) mass is 665 g/mol. The van der Waals surface area contributed by atoms with Gasteiger partial charge >= 0.3 is 6.03 Å². The first-order valence-corrected chi connectivity index (χ1v) is 15.2. The number of hydrogen-bond acceptors (Lipinski definition) is 9. The molecule has 2 fully saturated rings. The van der Waals surface area contributed by atoms with Crippen LogP contribution in [0.4, 0.5) is 25.1 Å². The fraction of sp³-hybridized carbons (Fsp3) is 0.323. The highest BCUT2D eigenvalue weighted by Crippen LogP contribution is 2.32. The van der Waals surface area contributed by atoms with E-state index in [9.17, 15) is 23.5 Å². The zero-order valence-corrected chi connectivity index (χ0v) is 25.8. The second-order valence-corrected chi connectivity index (χ2v) is 11.4. The van der Waals surface area contributed by atoms with Crippen LogP contribution in [0.3, 0.4) is 0 Å². The number of rotatable bonds is 7. The van der Waals surface area contributed by atoms with Crippen LogP contribution >= 0.6 is 11.6 Å². The molecule has 0 aliphatic carbocycles. The first-order valence-electron chi connectivity index (χ1n) is 14.8. The summed E-state index contributed by atoms with van der Waals surface area (Å²) in [6.45, 7) is 2.61. The van der Waals surface area contributed by atoms with E-state index in [1.165, 1.54) is 24.5 Å². The van der Waals surface area contributed by atoms with Crippen molar-refractivity contribution in [2.75, 3.05) is 64.3 Å². The van der Waals surface area contributed by atoms with E-state index in [2.05, 4.69) is 20.6 Å². The van der Waals surface area contributed by atoms with E-state index in [1.54, 1.807) is 49.6 Å². The van der Waals surface area contributed by atoms with Gasteiger partial charge in [-0.2, -0.15) is 9.65 Å². The molecule has 13 nitrogen and oxygen atoms in total. The lowest BCUT2D eigenvalue weighted by molar-refractivity contribution is 0.0621. The summed E-state index contributed by atoms with van der Waals surface area (Å²) in [4.78, 5) is 40.1. The Morgan fingerprint density at radius 3 is 2.62 bits per heavy atom. The van der Waals surface area contributed by atoms with Crippen molar-refractivity contribution >= 4 is 40.7 Å². The Morgan fingerprint density at radius 1 is 1.09 bits per heavy atom. The maximum Gasteiger partial charge on any atom is 0.320 e. The van der Waals surface area contributed by atoms with Gasteiger partial charge in [-0.15, -0.1) is 0 Å². The number of carbonyl (C=O) groups is 2. The summed E-state index contributed by atoms with van der Waals surface area (Å²) in [6, 6.07) is 8.91. The van der Waals surface area contributed by atoms with Gasteiger partial charge in [0.25, 0.3) is 5.91 Å². The minimum Gasteiger partial charge on any atom is -0.476 e. The van der Waals surface area contributed by atoms with Gasteiger partial charge in [0, 0.05) is 75.5 Å². The van der Waals surface area contributed by atoms with Gasteiger partial charge in [0.15, 0.2) is 29.6 Å². The summed E-state index contributed by atoms with van der Waals surface area (Å²) in [7, 11) is 0. The molecule has 0 saturated carbocycles. The molecule has 2 aliphatic rings. The molecule has 2 aromatic carbocycles. The second kappa shape index (κ2) is 13.8. The average Bonchev–Trinajstić information content (AvgIpc) is 3.53. The third-order valence-corrected chi connectivity index (χ3v) is 8.40. The third-order valence-electron chi connectivity index (χ3n) is 8.09. The zero-order chi connectivity index (χ0) is 33.1. The molecule has 0 spiro atoms. The Kier molecular flexibility index (Phi) is 9.34. The lowest BCUT2D eigenvalue weighted by Crippen LogP contribution is -2.59. The maximum absolute atomic E-state index is 15.0. The number of anilines is 2. The minimum atomic E-state index is -1.22. The van der Waals surface area contributed by atoms with Crippen molar-refractivity contribution < 1.29 is 28.2 Å². The molecule has 3 amide bonds. The fourth-order valence-corrected chi connectivity index (χ4v) is 5.91. The van der Waals surface area contributed by atoms with Gasteiger partial charge in [-0.05, 0) is 30.3 Å². The molecule has 4 heterocycles. The Hall–Kier alpha value is -5.04. The van der Waals surface area contributed by atoms with Gasteiger partial charge in [0.1, 0.15) is 6.07 Å². The number of urea groups is 1. The summed E-state index contributed by atoms with van der Waals surface area (Å²) in [5, 5.41) is 24.6. The SMILES string of the molecule is N#CCOc1ccc(-c2cnc3c(Nc4ccc(C(=O)N5CCN(C(=O)N6CCNC(CO)C6)CC5)c(Cl)c4)nccn23)c(F)c1F. The van der Waals surface area contributed by atoms with Crippen molar-refractivity contribution in [1.82, 2.24) is 34.4 Å². The van der Waals surface area contributed by atoms with E-state index in [0.29, 0.717) is 68.5 Å². The van der Waals surface area contributed by atoms with E-state index in [1.807, 2.05) is 0 Å². The molecule has 0 radical (unpaired) electrons. The zero-order valence-electron chi connectivity index (χ0n) is 25.0. The lowest BCUT2D eigenvalue weighted by atomic mass is 10.1. The highest BCUT2D eigenvalue weighted by molar-refractivity contribution is 6.34. The highest BCUT2D eigenvalue weighted by Gasteiger charge is 2.31. The Morgan fingerprint density at radius 2 is 1.87 bits per heavy atom. The van der Waals surface area contributed by atoms with E-state index < -0.39 is 18.2 Å². The molecule has 6 rings (SSSR count). The first kappa shape index (κ1) is 31.9. The van der Waals surface area contributed by atoms with Crippen molar-refractivity contribution in [3.63, 3.8) is 0 Å². The number of benzene rings is 2.